The fraction of sp³-hybridized carbons (Fsp3) is 0.292. The second-order valence-corrected chi connectivity index (χ2v) is 9.69. The van der Waals surface area contributed by atoms with E-state index in [0.717, 1.165) is 25.1 Å². The van der Waals surface area contributed by atoms with Crippen LogP contribution in [0.25, 0.3) is 21.5 Å². The second-order valence-electron chi connectivity index (χ2n) is 8.33. The predicted octanol–water partition coefficient (Wildman–Crippen LogP) is 4.51. The highest BCUT2D eigenvalue weighted by atomic mass is 35.5. The Balaban J connectivity index is 1.43. The van der Waals surface area contributed by atoms with Gasteiger partial charge in [0.2, 0.25) is 5.95 Å². The fourth-order valence-electron chi connectivity index (χ4n) is 4.12. The third-order valence-corrected chi connectivity index (χ3v) is 6.96. The average molecular weight is 521 g/mol. The summed E-state index contributed by atoms with van der Waals surface area (Å²) < 4.78 is 5.44. The van der Waals surface area contributed by atoms with Crippen molar-refractivity contribution >= 4 is 50.3 Å². The van der Waals surface area contributed by atoms with E-state index in [1.54, 1.807) is 18.3 Å². The number of hydrogen-bond donors (Lipinski definition) is 1. The number of nitriles is 1. The molecule has 182 valence electrons. The molecule has 5 heterocycles. The number of amides is 1. The number of ether oxygens (including phenoxy) is 1. The van der Waals surface area contributed by atoms with Crippen molar-refractivity contribution in [1.29, 1.82) is 5.26 Å². The molecule has 1 aliphatic heterocycles. The van der Waals surface area contributed by atoms with Crippen molar-refractivity contribution in [1.82, 2.24) is 24.9 Å². The molecule has 0 saturated carbocycles. The van der Waals surface area contributed by atoms with Gasteiger partial charge in [-0.25, -0.2) is 15.0 Å². The molecule has 1 atom stereocenters. The van der Waals surface area contributed by atoms with Gasteiger partial charge in [-0.2, -0.15) is 10.2 Å². The Morgan fingerprint density at radius 2 is 2.08 bits per heavy atom. The quantitative estimate of drug-likeness (QED) is 0.378. The van der Waals surface area contributed by atoms with Crippen LogP contribution in [-0.4, -0.2) is 51.0 Å². The van der Waals surface area contributed by atoms with E-state index in [9.17, 15) is 10.1 Å². The third kappa shape index (κ3) is 4.78. The number of hydrogen-bond acceptors (Lipinski definition) is 10. The summed E-state index contributed by atoms with van der Waals surface area (Å²) in [5.74, 6) is 0.641. The molecule has 36 heavy (non-hydrogen) atoms. The van der Waals surface area contributed by atoms with Crippen LogP contribution in [0.2, 0.25) is 5.15 Å². The Bertz CT molecular complexity index is 1500. The Morgan fingerprint density at radius 3 is 2.89 bits per heavy atom. The molecule has 1 unspecified atom stereocenters. The van der Waals surface area contributed by atoms with Crippen LogP contribution in [0.3, 0.4) is 0 Å². The van der Waals surface area contributed by atoms with Gasteiger partial charge in [0.15, 0.2) is 9.96 Å². The molecule has 0 aliphatic carbocycles. The number of fused-ring (bicyclic) bond motifs is 1. The number of nitrogens with zero attached hydrogens (tertiary/aromatic N) is 7. The minimum absolute atomic E-state index is 0.0272. The van der Waals surface area contributed by atoms with E-state index in [1.807, 2.05) is 11.8 Å². The third-order valence-electron chi connectivity index (χ3n) is 5.88. The molecule has 4 aromatic heterocycles. The summed E-state index contributed by atoms with van der Waals surface area (Å²) in [4.78, 5) is 37.9. The Labute approximate surface area is 216 Å². The maximum absolute atomic E-state index is 13.3. The van der Waals surface area contributed by atoms with Crippen LogP contribution < -0.4 is 15.0 Å². The van der Waals surface area contributed by atoms with Crippen molar-refractivity contribution in [3.8, 4) is 22.9 Å². The minimum Gasteiger partial charge on any atom is -0.494 e. The van der Waals surface area contributed by atoms with Gasteiger partial charge in [-0.3, -0.25) is 15.1 Å². The summed E-state index contributed by atoms with van der Waals surface area (Å²) in [6.07, 6.45) is 6.48. The molecule has 1 N–H and O–H groups in total. The number of methoxy groups -OCH3 is 1. The Hall–Kier alpha value is -3.88. The summed E-state index contributed by atoms with van der Waals surface area (Å²) in [6, 6.07) is 5.78. The van der Waals surface area contributed by atoms with E-state index in [1.165, 1.54) is 30.8 Å². The van der Waals surface area contributed by atoms with Crippen LogP contribution >= 0.6 is 22.9 Å². The lowest BCUT2D eigenvalue weighted by Gasteiger charge is -2.29. The summed E-state index contributed by atoms with van der Waals surface area (Å²) in [5.41, 5.74) is 2.89. The highest BCUT2D eigenvalue weighted by molar-refractivity contribution is 7.22. The molecule has 1 amide bonds. The maximum atomic E-state index is 13.3. The number of rotatable bonds is 5. The van der Waals surface area contributed by atoms with Crippen molar-refractivity contribution in [2.24, 2.45) is 5.92 Å². The van der Waals surface area contributed by atoms with Gasteiger partial charge < -0.3 is 9.64 Å². The van der Waals surface area contributed by atoms with Crippen LogP contribution in [0, 0.1) is 24.2 Å². The molecule has 0 spiro atoms. The first kappa shape index (κ1) is 23.8. The first-order chi connectivity index (χ1) is 17.4. The summed E-state index contributed by atoms with van der Waals surface area (Å²) in [6.45, 7) is 3.25. The van der Waals surface area contributed by atoms with Gasteiger partial charge in [0.1, 0.15) is 16.4 Å². The van der Waals surface area contributed by atoms with Gasteiger partial charge in [-0.05, 0) is 31.9 Å². The number of pyridine rings is 2. The van der Waals surface area contributed by atoms with E-state index in [2.05, 4.69) is 36.3 Å². The molecule has 1 fully saturated rings. The molecule has 0 aromatic carbocycles. The van der Waals surface area contributed by atoms with E-state index >= 15 is 0 Å². The molecule has 1 aliphatic rings. The Morgan fingerprint density at radius 1 is 1.22 bits per heavy atom. The number of anilines is 2. The molecule has 12 heteroatoms. The SMILES string of the molecule is COc1cnc(Cl)cc1-c1cc(C)ncc1C(=O)Nc1nc2cnc(N3CCCC(C#N)C3)nc2s1. The van der Waals surface area contributed by atoms with Gasteiger partial charge in [0.25, 0.3) is 5.91 Å². The Kier molecular flexibility index (Phi) is 6.63. The largest absolute Gasteiger partial charge is 0.494 e. The number of halogens is 1. The van der Waals surface area contributed by atoms with Crippen LogP contribution in [0.4, 0.5) is 11.1 Å². The van der Waals surface area contributed by atoms with Crippen LogP contribution in [0.15, 0.2) is 30.7 Å². The van der Waals surface area contributed by atoms with Gasteiger partial charge in [-0.15, -0.1) is 0 Å². The van der Waals surface area contributed by atoms with E-state index in [-0.39, 0.29) is 17.0 Å². The molecular formula is C24H21ClN8O2S. The van der Waals surface area contributed by atoms with Crippen molar-refractivity contribution in [3.05, 3.63) is 47.1 Å². The number of carbonyl (C=O) groups excluding carboxylic acids is 1. The van der Waals surface area contributed by atoms with Crippen molar-refractivity contribution < 1.29 is 9.53 Å². The summed E-state index contributed by atoms with van der Waals surface area (Å²) >= 11 is 7.39. The summed E-state index contributed by atoms with van der Waals surface area (Å²) in [7, 11) is 1.53. The van der Waals surface area contributed by atoms with Gasteiger partial charge >= 0.3 is 0 Å². The minimum atomic E-state index is -0.382. The second kappa shape index (κ2) is 10.0. The van der Waals surface area contributed by atoms with E-state index in [0.29, 0.717) is 50.4 Å². The van der Waals surface area contributed by atoms with Gasteiger partial charge in [0, 0.05) is 36.1 Å². The zero-order valence-electron chi connectivity index (χ0n) is 19.5. The smallest absolute Gasteiger partial charge is 0.259 e. The summed E-state index contributed by atoms with van der Waals surface area (Å²) in [5, 5.41) is 12.8. The lowest BCUT2D eigenvalue weighted by molar-refractivity contribution is 0.102. The van der Waals surface area contributed by atoms with E-state index < -0.39 is 0 Å². The molecule has 10 nitrogen and oxygen atoms in total. The lowest BCUT2D eigenvalue weighted by atomic mass is 10.0. The molecule has 4 aromatic rings. The molecule has 0 radical (unpaired) electrons. The molecule has 1 saturated heterocycles. The normalized spacial score (nSPS) is 15.5. The van der Waals surface area contributed by atoms with Crippen molar-refractivity contribution in [2.75, 3.05) is 30.4 Å². The number of piperidine rings is 1. The average Bonchev–Trinajstić information content (AvgIpc) is 3.30. The van der Waals surface area contributed by atoms with Crippen molar-refractivity contribution in [2.45, 2.75) is 19.8 Å². The number of nitrogens with one attached hydrogen (secondary N) is 1. The molecule has 0 bridgehead atoms. The molecular weight excluding hydrogens is 500 g/mol. The first-order valence-electron chi connectivity index (χ1n) is 11.2. The highest BCUT2D eigenvalue weighted by Crippen LogP contribution is 2.34. The van der Waals surface area contributed by atoms with E-state index in [4.69, 9.17) is 16.3 Å². The zero-order valence-corrected chi connectivity index (χ0v) is 21.1. The number of carbonyl (C=O) groups is 1. The van der Waals surface area contributed by atoms with Crippen LogP contribution in [0.5, 0.6) is 5.75 Å². The topological polar surface area (TPSA) is 130 Å². The highest BCUT2D eigenvalue weighted by Gasteiger charge is 2.23. The number of thiazole rings is 1. The van der Waals surface area contributed by atoms with Gasteiger partial charge in [0.05, 0.1) is 37.1 Å². The maximum Gasteiger partial charge on any atom is 0.259 e. The first-order valence-corrected chi connectivity index (χ1v) is 12.4. The number of aryl methyl sites for hydroxylation is 1. The lowest BCUT2D eigenvalue weighted by Crippen LogP contribution is -2.35. The van der Waals surface area contributed by atoms with Crippen molar-refractivity contribution in [3.63, 3.8) is 0 Å². The number of aromatic nitrogens is 5. The van der Waals surface area contributed by atoms with Crippen LogP contribution in [-0.2, 0) is 0 Å². The molecule has 5 rings (SSSR count). The monoisotopic (exact) mass is 520 g/mol. The zero-order chi connectivity index (χ0) is 25.2. The van der Waals surface area contributed by atoms with Gasteiger partial charge in [-0.1, -0.05) is 22.9 Å². The predicted molar refractivity (Wildman–Crippen MR) is 137 cm³/mol. The standard InChI is InChI=1S/C24H21ClN8O2S/c1-13-6-15(16-7-20(25)28-11-19(16)35-2)17(9-27-13)21(34)31-24-30-18-10-29-23(32-22(18)36-24)33-5-3-4-14(8-26)12-33/h6-7,9-11,14H,3-5,12H2,1-2H3,(H,30,31,34). The van der Waals surface area contributed by atoms with Crippen LogP contribution in [0.1, 0.15) is 28.9 Å². The fourth-order valence-corrected chi connectivity index (χ4v) is 5.07.